The lowest BCUT2D eigenvalue weighted by Gasteiger charge is -2.14. The molecule has 0 radical (unpaired) electrons. The van der Waals surface area contributed by atoms with Gasteiger partial charge in [0.15, 0.2) is 0 Å². The average molecular weight is 310 g/mol. The number of allylic oxidation sites excluding steroid dienone is 8. The molecular formula is C20H14N4. The van der Waals surface area contributed by atoms with Crippen molar-refractivity contribution in [2.45, 2.75) is 0 Å². The molecule has 1 aromatic heterocycles. The molecule has 0 saturated heterocycles. The number of aromatic nitrogens is 1. The normalized spacial score (nSPS) is 20.2. The van der Waals surface area contributed by atoms with Crippen molar-refractivity contribution in [2.24, 2.45) is 9.98 Å². The Morgan fingerprint density at radius 1 is 0.750 bits per heavy atom. The molecule has 5 heterocycles. The van der Waals surface area contributed by atoms with E-state index in [1.54, 1.807) is 0 Å². The van der Waals surface area contributed by atoms with Crippen LogP contribution in [0.15, 0.2) is 93.5 Å². The Balaban J connectivity index is 1.67. The van der Waals surface area contributed by atoms with Gasteiger partial charge in [0.1, 0.15) is 0 Å². The second kappa shape index (κ2) is 5.06. The number of nitrogens with zero attached hydrogens (tertiary/aromatic N) is 2. The zero-order chi connectivity index (χ0) is 15.9. The first-order chi connectivity index (χ1) is 11.8. The third-order valence-corrected chi connectivity index (χ3v) is 4.08. The van der Waals surface area contributed by atoms with Crippen LogP contribution in [0.2, 0.25) is 0 Å². The van der Waals surface area contributed by atoms with Crippen LogP contribution in [0.3, 0.4) is 0 Å². The first kappa shape index (κ1) is 13.1. The molecule has 114 valence electrons. The molecule has 4 aliphatic rings. The van der Waals surface area contributed by atoms with Crippen molar-refractivity contribution in [3.05, 3.63) is 94.9 Å². The van der Waals surface area contributed by atoms with Crippen LogP contribution < -0.4 is 5.32 Å². The highest BCUT2D eigenvalue weighted by molar-refractivity contribution is 6.13. The van der Waals surface area contributed by atoms with E-state index in [2.05, 4.69) is 38.5 Å². The topological polar surface area (TPSA) is 52.5 Å². The Kier molecular flexibility index (Phi) is 2.76. The van der Waals surface area contributed by atoms with E-state index < -0.39 is 0 Å². The van der Waals surface area contributed by atoms with Gasteiger partial charge >= 0.3 is 0 Å². The van der Waals surface area contributed by atoms with Crippen molar-refractivity contribution in [3.63, 3.8) is 0 Å². The lowest BCUT2D eigenvalue weighted by molar-refractivity contribution is 1.06. The lowest BCUT2D eigenvalue weighted by Crippen LogP contribution is -2.19. The van der Waals surface area contributed by atoms with Crippen molar-refractivity contribution in [1.29, 1.82) is 0 Å². The summed E-state index contributed by atoms with van der Waals surface area (Å²) in [4.78, 5) is 12.7. The van der Waals surface area contributed by atoms with E-state index in [0.717, 1.165) is 45.6 Å². The Morgan fingerprint density at radius 2 is 1.58 bits per heavy atom. The second-order valence-corrected chi connectivity index (χ2v) is 5.87. The van der Waals surface area contributed by atoms with Gasteiger partial charge in [-0.15, -0.1) is 0 Å². The predicted molar refractivity (Wildman–Crippen MR) is 98.3 cm³/mol. The van der Waals surface area contributed by atoms with E-state index in [1.807, 2.05) is 54.7 Å². The SMILES string of the molecule is C1=CC2=Cc3ccc([nH]3)C=C3C=CC(=N3)C=C3C=CC(=N3)C(=C1)N2. The summed E-state index contributed by atoms with van der Waals surface area (Å²) in [6.07, 6.45) is 20.3. The van der Waals surface area contributed by atoms with Crippen molar-refractivity contribution in [2.75, 3.05) is 0 Å². The zero-order valence-electron chi connectivity index (χ0n) is 12.8. The molecule has 4 aliphatic heterocycles. The van der Waals surface area contributed by atoms with Crippen LogP contribution in [0.25, 0.3) is 12.2 Å². The van der Waals surface area contributed by atoms with E-state index in [0.29, 0.717) is 0 Å². The molecule has 0 fully saturated rings. The average Bonchev–Trinajstić information content (AvgIpc) is 3.30. The highest BCUT2D eigenvalue weighted by Crippen LogP contribution is 2.21. The smallest absolute Gasteiger partial charge is 0.0872 e. The first-order valence-electron chi connectivity index (χ1n) is 7.85. The van der Waals surface area contributed by atoms with Crippen molar-refractivity contribution in [1.82, 2.24) is 10.3 Å². The van der Waals surface area contributed by atoms with Gasteiger partial charge in [0, 0.05) is 17.1 Å². The molecule has 8 bridgehead atoms. The quantitative estimate of drug-likeness (QED) is 0.755. The maximum absolute atomic E-state index is 4.68. The fourth-order valence-electron chi connectivity index (χ4n) is 2.96. The summed E-state index contributed by atoms with van der Waals surface area (Å²) < 4.78 is 0. The van der Waals surface area contributed by atoms with E-state index in [9.17, 15) is 0 Å². The molecule has 0 unspecified atom stereocenters. The van der Waals surface area contributed by atoms with Crippen LogP contribution in [0.4, 0.5) is 0 Å². The molecular weight excluding hydrogens is 296 g/mol. The van der Waals surface area contributed by atoms with Gasteiger partial charge in [-0.05, 0) is 66.8 Å². The van der Waals surface area contributed by atoms with Crippen molar-refractivity contribution < 1.29 is 0 Å². The Labute approximate surface area is 139 Å². The summed E-state index contributed by atoms with van der Waals surface area (Å²) in [5.74, 6) is 0. The van der Waals surface area contributed by atoms with Gasteiger partial charge in [-0.2, -0.15) is 0 Å². The molecule has 0 amide bonds. The Morgan fingerprint density at radius 3 is 2.54 bits per heavy atom. The zero-order valence-corrected chi connectivity index (χ0v) is 12.8. The standard InChI is InChI=1S/C20H14N4/c1-2-13-10-14-4-5-15(21-14)11-16-6-7-17(22-16)12-18-8-9-20(24-18)19(3-1)23-13/h1-12,21,23H. The fourth-order valence-corrected chi connectivity index (χ4v) is 2.96. The summed E-state index contributed by atoms with van der Waals surface area (Å²) in [5.41, 5.74) is 7.78. The molecule has 0 saturated carbocycles. The molecule has 4 heteroatoms. The number of hydrogen-bond donors (Lipinski definition) is 2. The number of aliphatic imine (C=N–C) groups is 2. The van der Waals surface area contributed by atoms with Gasteiger partial charge < -0.3 is 10.3 Å². The number of fused-ring (bicyclic) bond motifs is 7. The summed E-state index contributed by atoms with van der Waals surface area (Å²) >= 11 is 0. The number of aromatic amines is 1. The highest BCUT2D eigenvalue weighted by Gasteiger charge is 2.14. The molecule has 5 rings (SSSR count). The first-order valence-corrected chi connectivity index (χ1v) is 7.85. The molecule has 0 spiro atoms. The monoisotopic (exact) mass is 310 g/mol. The number of H-pyrrole nitrogens is 1. The molecule has 2 N–H and O–H groups in total. The van der Waals surface area contributed by atoms with Gasteiger partial charge in [-0.3, -0.25) is 0 Å². The van der Waals surface area contributed by atoms with E-state index in [-0.39, 0.29) is 0 Å². The van der Waals surface area contributed by atoms with E-state index >= 15 is 0 Å². The third-order valence-electron chi connectivity index (χ3n) is 4.08. The van der Waals surface area contributed by atoms with E-state index in [4.69, 9.17) is 0 Å². The van der Waals surface area contributed by atoms with Crippen LogP contribution in [0, 0.1) is 0 Å². The number of nitrogens with one attached hydrogen (secondary N) is 2. The number of dihydropyridines is 1. The molecule has 0 atom stereocenters. The number of rotatable bonds is 0. The summed E-state index contributed by atoms with van der Waals surface area (Å²) in [7, 11) is 0. The lowest BCUT2D eigenvalue weighted by atomic mass is 10.1. The number of hydrogen-bond acceptors (Lipinski definition) is 3. The van der Waals surface area contributed by atoms with Crippen LogP contribution in [-0.4, -0.2) is 16.4 Å². The minimum absolute atomic E-state index is 0.911. The van der Waals surface area contributed by atoms with Gasteiger partial charge in [-0.25, -0.2) is 9.98 Å². The van der Waals surface area contributed by atoms with Crippen molar-refractivity contribution >= 4 is 23.6 Å². The summed E-state index contributed by atoms with van der Waals surface area (Å²) in [6.45, 7) is 0. The minimum Gasteiger partial charge on any atom is -0.355 e. The molecule has 0 aliphatic carbocycles. The van der Waals surface area contributed by atoms with Gasteiger partial charge in [0.25, 0.3) is 0 Å². The highest BCUT2D eigenvalue weighted by atomic mass is 14.9. The molecule has 24 heavy (non-hydrogen) atoms. The maximum Gasteiger partial charge on any atom is 0.0872 e. The molecule has 1 aromatic rings. The van der Waals surface area contributed by atoms with Crippen LogP contribution in [0.1, 0.15) is 11.4 Å². The minimum atomic E-state index is 0.911. The van der Waals surface area contributed by atoms with Crippen LogP contribution in [0.5, 0.6) is 0 Å². The second-order valence-electron chi connectivity index (χ2n) is 5.87. The summed E-state index contributed by atoms with van der Waals surface area (Å²) in [5, 5.41) is 3.43. The Hall–Kier alpha value is -3.40. The largest absolute Gasteiger partial charge is 0.355 e. The van der Waals surface area contributed by atoms with E-state index in [1.165, 1.54) is 0 Å². The third kappa shape index (κ3) is 2.34. The fraction of sp³-hybridized carbons (Fsp3) is 0. The van der Waals surface area contributed by atoms with Crippen LogP contribution in [-0.2, 0) is 0 Å². The summed E-state index contributed by atoms with van der Waals surface area (Å²) in [6, 6.07) is 4.12. The maximum atomic E-state index is 4.68. The predicted octanol–water partition coefficient (Wildman–Crippen LogP) is 3.66. The van der Waals surface area contributed by atoms with Crippen LogP contribution >= 0.6 is 0 Å². The van der Waals surface area contributed by atoms with Gasteiger partial charge in [0.2, 0.25) is 0 Å². The van der Waals surface area contributed by atoms with Gasteiger partial charge in [-0.1, -0.05) is 6.08 Å². The molecule has 0 aromatic carbocycles. The van der Waals surface area contributed by atoms with Crippen molar-refractivity contribution in [3.8, 4) is 0 Å². The van der Waals surface area contributed by atoms with Gasteiger partial charge in [0.05, 0.1) is 28.5 Å². The Bertz CT molecular complexity index is 1010. The molecule has 4 nitrogen and oxygen atoms in total.